The molecule has 3 rings (SSSR count). The van der Waals surface area contributed by atoms with E-state index in [0.29, 0.717) is 5.52 Å². The van der Waals surface area contributed by atoms with E-state index in [9.17, 15) is 13.2 Å². The van der Waals surface area contributed by atoms with Crippen molar-refractivity contribution in [3.8, 4) is 5.75 Å². The van der Waals surface area contributed by atoms with Gasteiger partial charge in [-0.25, -0.2) is 9.78 Å². The Balaban J connectivity index is 2.12. The summed E-state index contributed by atoms with van der Waals surface area (Å²) in [5.41, 5.74) is 0.643. The summed E-state index contributed by atoms with van der Waals surface area (Å²) in [6.07, 6.45) is -0.846. The topological polar surface area (TPSA) is 99.5 Å². The average molecular weight is 347 g/mol. The van der Waals surface area contributed by atoms with E-state index in [1.54, 1.807) is 42.5 Å². The highest BCUT2D eigenvalue weighted by Crippen LogP contribution is 2.24. The molecule has 0 saturated carbocycles. The van der Waals surface area contributed by atoms with Crippen LogP contribution in [0.4, 0.5) is 10.7 Å². The normalized spacial score (nSPS) is 11.2. The lowest BCUT2D eigenvalue weighted by Crippen LogP contribution is -2.23. The molecule has 0 radical (unpaired) electrons. The summed E-state index contributed by atoms with van der Waals surface area (Å²) in [6.45, 7) is 0. The van der Waals surface area contributed by atoms with Crippen molar-refractivity contribution in [2.75, 3.05) is 12.4 Å². The Labute approximate surface area is 137 Å². The second-order valence-corrected chi connectivity index (χ2v) is 6.05. The zero-order chi connectivity index (χ0) is 17.2. The van der Waals surface area contributed by atoms with Gasteiger partial charge in [-0.05, 0) is 24.3 Å². The summed E-state index contributed by atoms with van der Waals surface area (Å²) >= 11 is 0. The number of carbonyl (C=O) groups excluding carboxylic acids is 1. The van der Waals surface area contributed by atoms with E-state index in [0.717, 1.165) is 11.1 Å². The van der Waals surface area contributed by atoms with Crippen molar-refractivity contribution in [3.63, 3.8) is 0 Å². The molecule has 1 heterocycles. The second-order valence-electron chi connectivity index (χ2n) is 4.66. The van der Waals surface area contributed by atoms with Crippen molar-refractivity contribution in [1.82, 2.24) is 8.96 Å². The minimum Gasteiger partial charge on any atom is -0.453 e. The molecule has 3 aromatic rings. The van der Waals surface area contributed by atoms with E-state index in [1.165, 1.54) is 12.1 Å². The van der Waals surface area contributed by atoms with Crippen molar-refractivity contribution in [3.05, 3.63) is 54.6 Å². The van der Waals surface area contributed by atoms with Crippen LogP contribution in [-0.2, 0) is 15.0 Å². The van der Waals surface area contributed by atoms with Gasteiger partial charge in [-0.15, -0.1) is 0 Å². The number of fused-ring (bicyclic) bond motifs is 1. The predicted octanol–water partition coefficient (Wildman–Crippen LogP) is 2.39. The van der Waals surface area contributed by atoms with Crippen LogP contribution < -0.4 is 9.50 Å². The van der Waals surface area contributed by atoms with E-state index in [1.807, 2.05) is 0 Å². The first-order valence-corrected chi connectivity index (χ1v) is 8.20. The van der Waals surface area contributed by atoms with E-state index in [2.05, 4.69) is 15.0 Å². The van der Waals surface area contributed by atoms with E-state index >= 15 is 0 Å². The fraction of sp³-hybridized carbons (Fsp3) is 0.0667. The molecule has 0 unspecified atom stereocenters. The summed E-state index contributed by atoms with van der Waals surface area (Å²) in [4.78, 5) is 15.6. The molecule has 0 bridgehead atoms. The molecule has 9 heteroatoms. The van der Waals surface area contributed by atoms with Crippen LogP contribution in [0.2, 0.25) is 0 Å². The molecular weight excluding hydrogens is 334 g/mol. The maximum atomic E-state index is 12.7. The fourth-order valence-corrected chi connectivity index (χ4v) is 3.21. The third kappa shape index (κ3) is 3.01. The number of nitrogens with zero attached hydrogens (tertiary/aromatic N) is 2. The van der Waals surface area contributed by atoms with Crippen LogP contribution in [-0.4, -0.2) is 30.6 Å². The molecule has 0 spiro atoms. The number of nitrogens with one attached hydrogen (secondary N) is 1. The van der Waals surface area contributed by atoms with Crippen LogP contribution in [0.3, 0.4) is 0 Å². The van der Waals surface area contributed by atoms with Gasteiger partial charge in [0.1, 0.15) is 5.75 Å². The molecule has 0 aliphatic heterocycles. The maximum Gasteiger partial charge on any atom is 0.416 e. The Morgan fingerprint density at radius 3 is 2.46 bits per heavy atom. The van der Waals surface area contributed by atoms with Gasteiger partial charge < -0.3 is 8.92 Å². The van der Waals surface area contributed by atoms with Crippen LogP contribution in [0.1, 0.15) is 0 Å². The lowest BCUT2D eigenvalue weighted by molar-refractivity contribution is 0.186. The van der Waals surface area contributed by atoms with Crippen LogP contribution in [0.25, 0.3) is 11.0 Å². The number of ether oxygens (including phenoxy) is 1. The van der Waals surface area contributed by atoms with Gasteiger partial charge in [0.05, 0.1) is 18.1 Å². The molecule has 1 N–H and O–H groups in total. The molecule has 1 amide bonds. The summed E-state index contributed by atoms with van der Waals surface area (Å²) in [6, 6.07) is 14.6. The summed E-state index contributed by atoms with van der Waals surface area (Å²) in [5, 5.41) is 2.27. The Kier molecular flexibility index (Phi) is 4.09. The van der Waals surface area contributed by atoms with Gasteiger partial charge >= 0.3 is 16.4 Å². The highest BCUT2D eigenvalue weighted by Gasteiger charge is 2.25. The zero-order valence-corrected chi connectivity index (χ0v) is 13.4. The molecule has 8 nitrogen and oxygen atoms in total. The van der Waals surface area contributed by atoms with Crippen molar-refractivity contribution < 1.29 is 22.1 Å². The number of imidazole rings is 1. The standard InChI is InChI=1S/C15H13N3O5S/c1-22-15(19)17-14-16-12-9-5-6-10-13(12)18(14)24(20,21)23-11-7-3-2-4-8-11/h2-10H,1H3,(H,16,17,19). The molecule has 0 aliphatic carbocycles. The number of benzene rings is 2. The van der Waals surface area contributed by atoms with Gasteiger partial charge in [-0.2, -0.15) is 12.4 Å². The average Bonchev–Trinajstić information content (AvgIpc) is 2.93. The molecule has 124 valence electrons. The first-order valence-electron chi connectivity index (χ1n) is 6.84. The number of hydrogen-bond acceptors (Lipinski definition) is 6. The van der Waals surface area contributed by atoms with E-state index < -0.39 is 16.4 Å². The molecule has 0 atom stereocenters. The largest absolute Gasteiger partial charge is 0.453 e. The molecular formula is C15H13N3O5S. The third-order valence-electron chi connectivity index (χ3n) is 3.09. The Morgan fingerprint density at radius 2 is 1.75 bits per heavy atom. The number of anilines is 1. The minimum atomic E-state index is -4.30. The smallest absolute Gasteiger partial charge is 0.416 e. The minimum absolute atomic E-state index is 0.138. The maximum absolute atomic E-state index is 12.7. The third-order valence-corrected chi connectivity index (χ3v) is 4.31. The Bertz CT molecular complexity index is 983. The lowest BCUT2D eigenvalue weighted by Gasteiger charge is -2.11. The molecule has 2 aromatic carbocycles. The Hall–Kier alpha value is -3.07. The molecule has 0 saturated heterocycles. The second kappa shape index (κ2) is 6.20. The van der Waals surface area contributed by atoms with Crippen molar-refractivity contribution in [1.29, 1.82) is 0 Å². The predicted molar refractivity (Wildman–Crippen MR) is 87.1 cm³/mol. The van der Waals surface area contributed by atoms with Gasteiger partial charge in [0.15, 0.2) is 0 Å². The van der Waals surface area contributed by atoms with Gasteiger partial charge in [0, 0.05) is 0 Å². The molecule has 0 fully saturated rings. The van der Waals surface area contributed by atoms with Gasteiger partial charge in [0.25, 0.3) is 0 Å². The van der Waals surface area contributed by atoms with Crippen molar-refractivity contribution in [2.24, 2.45) is 0 Å². The molecule has 1 aromatic heterocycles. The molecule has 24 heavy (non-hydrogen) atoms. The van der Waals surface area contributed by atoms with E-state index in [4.69, 9.17) is 4.18 Å². The number of hydrogen-bond donors (Lipinski definition) is 1. The number of methoxy groups -OCH3 is 1. The highest BCUT2D eigenvalue weighted by molar-refractivity contribution is 7.85. The number of carbonyl (C=O) groups is 1. The highest BCUT2D eigenvalue weighted by atomic mass is 32.2. The number of aromatic nitrogens is 2. The van der Waals surface area contributed by atoms with E-state index in [-0.39, 0.29) is 17.2 Å². The van der Waals surface area contributed by atoms with Crippen molar-refractivity contribution >= 4 is 33.4 Å². The van der Waals surface area contributed by atoms with Gasteiger partial charge in [-0.3, -0.25) is 5.32 Å². The van der Waals surface area contributed by atoms with Crippen molar-refractivity contribution in [2.45, 2.75) is 0 Å². The van der Waals surface area contributed by atoms with Crippen LogP contribution in [0.15, 0.2) is 54.6 Å². The number of rotatable bonds is 4. The lowest BCUT2D eigenvalue weighted by atomic mass is 10.3. The zero-order valence-electron chi connectivity index (χ0n) is 12.5. The summed E-state index contributed by atoms with van der Waals surface area (Å²) < 4.78 is 35.8. The summed E-state index contributed by atoms with van der Waals surface area (Å²) in [5.74, 6) is -0.0849. The van der Waals surface area contributed by atoms with Gasteiger partial charge in [0.2, 0.25) is 5.95 Å². The summed E-state index contributed by atoms with van der Waals surface area (Å²) in [7, 11) is -3.13. The first kappa shape index (κ1) is 15.8. The quantitative estimate of drug-likeness (QED) is 0.778. The van der Waals surface area contributed by atoms with Gasteiger partial charge in [-0.1, -0.05) is 30.3 Å². The van der Waals surface area contributed by atoms with Crippen LogP contribution in [0, 0.1) is 0 Å². The fourth-order valence-electron chi connectivity index (χ4n) is 2.09. The molecule has 0 aliphatic rings. The first-order chi connectivity index (χ1) is 11.5. The number of para-hydroxylation sites is 3. The Morgan fingerprint density at radius 1 is 1.08 bits per heavy atom. The monoisotopic (exact) mass is 347 g/mol. The number of amides is 1. The van der Waals surface area contributed by atoms with Crippen LogP contribution >= 0.6 is 0 Å². The SMILES string of the molecule is COC(=O)Nc1nc2ccccc2n1S(=O)(=O)Oc1ccccc1. The van der Waals surface area contributed by atoms with Crippen LogP contribution in [0.5, 0.6) is 5.75 Å².